The summed E-state index contributed by atoms with van der Waals surface area (Å²) in [5.41, 5.74) is 6.90. The van der Waals surface area contributed by atoms with Crippen LogP contribution >= 0.6 is 0 Å². The number of hydrogen-bond acceptors (Lipinski definition) is 1. The highest BCUT2D eigenvalue weighted by molar-refractivity contribution is 5.16. The molecule has 1 atom stereocenters. The molecule has 2 N–H and O–H groups in total. The van der Waals surface area contributed by atoms with E-state index in [1.54, 1.807) is 0 Å². The van der Waals surface area contributed by atoms with Gasteiger partial charge in [0, 0.05) is 0 Å². The summed E-state index contributed by atoms with van der Waals surface area (Å²) in [6.45, 7) is 2.95. The Labute approximate surface area is 92.3 Å². The zero-order chi connectivity index (χ0) is 10.9. The molecule has 1 unspecified atom stereocenters. The van der Waals surface area contributed by atoms with Gasteiger partial charge in [-0.2, -0.15) is 0 Å². The summed E-state index contributed by atoms with van der Waals surface area (Å²) in [5.74, 6) is 0.521. The van der Waals surface area contributed by atoms with E-state index in [2.05, 4.69) is 31.2 Å². The summed E-state index contributed by atoms with van der Waals surface area (Å²) >= 11 is 0. The van der Waals surface area contributed by atoms with Gasteiger partial charge in [-0.1, -0.05) is 61.5 Å². The van der Waals surface area contributed by atoms with E-state index in [0.717, 1.165) is 13.0 Å². The molecule has 0 aliphatic rings. The Morgan fingerprint density at radius 2 is 1.40 bits per heavy atom. The zero-order valence-electron chi connectivity index (χ0n) is 9.27. The lowest BCUT2D eigenvalue weighted by molar-refractivity contribution is 0.691. The van der Waals surface area contributed by atoms with Crippen molar-refractivity contribution in [1.82, 2.24) is 0 Å². The van der Waals surface area contributed by atoms with E-state index in [1.807, 2.05) is 30.3 Å². The maximum atomic E-state index is 5.57. The van der Waals surface area contributed by atoms with Crippen molar-refractivity contribution >= 4 is 0 Å². The Morgan fingerprint density at radius 3 is 1.87 bits per heavy atom. The lowest BCUT2D eigenvalue weighted by Crippen LogP contribution is -2.03. The largest absolute Gasteiger partial charge is 0.330 e. The molecule has 0 fully saturated rings. The maximum absolute atomic E-state index is 5.57. The molecule has 0 bridgehead atoms. The van der Waals surface area contributed by atoms with Gasteiger partial charge in [-0.25, -0.2) is 0 Å². The van der Waals surface area contributed by atoms with E-state index in [9.17, 15) is 0 Å². The van der Waals surface area contributed by atoms with Crippen molar-refractivity contribution in [2.75, 3.05) is 6.54 Å². The van der Waals surface area contributed by atoms with Crippen LogP contribution in [0.15, 0.2) is 54.6 Å². The van der Waals surface area contributed by atoms with Crippen LogP contribution in [0, 0.1) is 0 Å². The van der Waals surface area contributed by atoms with Crippen molar-refractivity contribution < 1.29 is 0 Å². The van der Waals surface area contributed by atoms with Crippen LogP contribution in [0.1, 0.15) is 24.8 Å². The van der Waals surface area contributed by atoms with Crippen molar-refractivity contribution in [1.29, 1.82) is 0 Å². The predicted octanol–water partition coefficient (Wildman–Crippen LogP) is 3.26. The van der Waals surface area contributed by atoms with Crippen molar-refractivity contribution in [3.8, 4) is 0 Å². The van der Waals surface area contributed by atoms with E-state index in [0.29, 0.717) is 5.92 Å². The van der Waals surface area contributed by atoms with E-state index >= 15 is 0 Å². The quantitative estimate of drug-likeness (QED) is 0.798. The highest BCUT2D eigenvalue weighted by Crippen LogP contribution is 2.15. The SMILES string of the molecule is CC(CCN)c1ccccccccc1. The molecule has 0 saturated heterocycles. The van der Waals surface area contributed by atoms with E-state index in [1.165, 1.54) is 5.56 Å². The molecule has 0 saturated carbocycles. The van der Waals surface area contributed by atoms with Crippen LogP contribution in [0.2, 0.25) is 0 Å². The summed E-state index contributed by atoms with van der Waals surface area (Å²) in [7, 11) is 0. The van der Waals surface area contributed by atoms with Gasteiger partial charge in [0.05, 0.1) is 0 Å². The minimum atomic E-state index is 0.521. The molecular weight excluding hydrogens is 182 g/mol. The second kappa shape index (κ2) is 7.02. The molecule has 1 heteroatoms. The second-order valence-electron chi connectivity index (χ2n) is 3.66. The molecule has 15 heavy (non-hydrogen) atoms. The molecular formula is C14H19N. The van der Waals surface area contributed by atoms with Crippen LogP contribution in [0.5, 0.6) is 0 Å². The van der Waals surface area contributed by atoms with Crippen LogP contribution in [0.25, 0.3) is 0 Å². The summed E-state index contributed by atoms with van der Waals surface area (Å²) < 4.78 is 0. The lowest BCUT2D eigenvalue weighted by atomic mass is 9.99. The van der Waals surface area contributed by atoms with Gasteiger partial charge in [0.2, 0.25) is 0 Å². The molecule has 1 aromatic carbocycles. The van der Waals surface area contributed by atoms with Gasteiger partial charge in [-0.15, -0.1) is 0 Å². The van der Waals surface area contributed by atoms with Crippen LogP contribution in [0.4, 0.5) is 0 Å². The average Bonchev–Trinajstić information content (AvgIpc) is 2.26. The summed E-state index contributed by atoms with van der Waals surface area (Å²) in [4.78, 5) is 0. The predicted molar refractivity (Wildman–Crippen MR) is 66.2 cm³/mol. The van der Waals surface area contributed by atoms with E-state index in [4.69, 9.17) is 5.73 Å². The third-order valence-electron chi connectivity index (χ3n) is 2.41. The van der Waals surface area contributed by atoms with Gasteiger partial charge in [0.25, 0.3) is 0 Å². The molecule has 0 radical (unpaired) electrons. The van der Waals surface area contributed by atoms with Crippen molar-refractivity contribution in [2.24, 2.45) is 5.73 Å². The molecule has 1 rings (SSSR count). The Balaban J connectivity index is 2.97. The monoisotopic (exact) mass is 201 g/mol. The summed E-state index contributed by atoms with van der Waals surface area (Å²) in [5, 5.41) is 0. The fourth-order valence-electron chi connectivity index (χ4n) is 1.45. The Morgan fingerprint density at radius 1 is 0.933 bits per heavy atom. The van der Waals surface area contributed by atoms with Gasteiger partial charge in [0.15, 0.2) is 0 Å². The maximum Gasteiger partial charge on any atom is -0.00715 e. The van der Waals surface area contributed by atoms with E-state index in [-0.39, 0.29) is 0 Å². The standard InChI is InChI=1S/C14H19N/c1-13(11-12-15)14-9-7-5-3-2-4-6-8-10-14/h2-10,13H,11-12,15H2,1H3. The molecule has 0 aromatic heterocycles. The van der Waals surface area contributed by atoms with Gasteiger partial charge in [-0.05, 0) is 24.4 Å². The van der Waals surface area contributed by atoms with Crippen molar-refractivity contribution in [2.45, 2.75) is 19.3 Å². The zero-order valence-corrected chi connectivity index (χ0v) is 9.27. The van der Waals surface area contributed by atoms with E-state index < -0.39 is 0 Å². The molecule has 0 spiro atoms. The van der Waals surface area contributed by atoms with Gasteiger partial charge in [-0.3, -0.25) is 0 Å². The second-order valence-corrected chi connectivity index (χ2v) is 3.66. The molecule has 1 nitrogen and oxygen atoms in total. The van der Waals surface area contributed by atoms with Gasteiger partial charge >= 0.3 is 0 Å². The minimum Gasteiger partial charge on any atom is -0.330 e. The molecule has 0 aliphatic heterocycles. The van der Waals surface area contributed by atoms with Gasteiger partial charge in [0.1, 0.15) is 0 Å². The molecule has 80 valence electrons. The van der Waals surface area contributed by atoms with Gasteiger partial charge < -0.3 is 5.73 Å². The number of rotatable bonds is 3. The van der Waals surface area contributed by atoms with Crippen molar-refractivity contribution in [3.05, 3.63) is 60.2 Å². The smallest absolute Gasteiger partial charge is 0.00715 e. The minimum absolute atomic E-state index is 0.521. The Hall–Kier alpha value is -1.34. The first-order chi connectivity index (χ1) is 7.34. The fourth-order valence-corrected chi connectivity index (χ4v) is 1.45. The summed E-state index contributed by atoms with van der Waals surface area (Å²) in [6, 6.07) is 18.6. The highest BCUT2D eigenvalue weighted by atomic mass is 14.5. The van der Waals surface area contributed by atoms with Crippen molar-refractivity contribution in [3.63, 3.8) is 0 Å². The topological polar surface area (TPSA) is 26.0 Å². The van der Waals surface area contributed by atoms with Crippen LogP contribution < -0.4 is 5.73 Å². The first-order valence-corrected chi connectivity index (χ1v) is 5.43. The number of hydrogen-bond donors (Lipinski definition) is 1. The third kappa shape index (κ3) is 4.61. The first-order valence-electron chi connectivity index (χ1n) is 5.43. The third-order valence-corrected chi connectivity index (χ3v) is 2.41. The Kier molecular flexibility index (Phi) is 5.49. The lowest BCUT2D eigenvalue weighted by Gasteiger charge is -2.08. The first kappa shape index (κ1) is 11.7. The van der Waals surface area contributed by atoms with Crippen LogP contribution in [0.3, 0.4) is 0 Å². The average molecular weight is 201 g/mol. The van der Waals surface area contributed by atoms with Crippen LogP contribution in [-0.2, 0) is 0 Å². The fraction of sp³-hybridized carbons (Fsp3) is 0.286. The normalized spacial score (nSPS) is 11.6. The molecule has 1 aromatic rings. The highest BCUT2D eigenvalue weighted by Gasteiger charge is 2.00. The van der Waals surface area contributed by atoms with Crippen LogP contribution in [-0.4, -0.2) is 6.54 Å². The molecule has 0 amide bonds. The summed E-state index contributed by atoms with van der Waals surface area (Å²) in [6.07, 6.45) is 1.03. The molecule has 0 heterocycles. The Bertz CT molecular complexity index is 307. The number of nitrogens with two attached hydrogens (primary N) is 1. The molecule has 0 aliphatic carbocycles.